The number of hydrogen-bond acceptors (Lipinski definition) is 3. The number of aromatic nitrogens is 1. The topological polar surface area (TPSA) is 48.1 Å². The maximum absolute atomic E-state index is 5.74. The second-order valence-electron chi connectivity index (χ2n) is 3.76. The molecule has 0 amide bonds. The van der Waals surface area contributed by atoms with Gasteiger partial charge in [0.05, 0.1) is 12.1 Å². The summed E-state index contributed by atoms with van der Waals surface area (Å²) in [6.07, 6.45) is 2.18. The van der Waals surface area contributed by atoms with Gasteiger partial charge in [-0.2, -0.15) is 0 Å². The van der Waals surface area contributed by atoms with E-state index in [9.17, 15) is 0 Å². The van der Waals surface area contributed by atoms with Gasteiger partial charge in [0.2, 0.25) is 0 Å². The molecule has 0 radical (unpaired) electrons. The van der Waals surface area contributed by atoms with Gasteiger partial charge in [0.25, 0.3) is 0 Å². The minimum Gasteiger partial charge on any atom is -0.493 e. The van der Waals surface area contributed by atoms with Crippen molar-refractivity contribution >= 4 is 16.7 Å². The molecule has 0 aliphatic heterocycles. The molecule has 0 spiro atoms. The fourth-order valence-corrected chi connectivity index (χ4v) is 1.61. The number of hydrogen-bond donors (Lipinski definition) is 1. The maximum Gasteiger partial charge on any atom is 0.132 e. The Balaban J connectivity index is 2.34. The molecule has 84 valence electrons. The van der Waals surface area contributed by atoms with Crippen LogP contribution in [0.25, 0.3) is 10.9 Å². The SMILES string of the molecule is CCCCOc1cc(N)nc2ccccc12. The molecule has 2 rings (SSSR count). The Hall–Kier alpha value is -1.77. The third-order valence-electron chi connectivity index (χ3n) is 2.45. The summed E-state index contributed by atoms with van der Waals surface area (Å²) < 4.78 is 5.72. The highest BCUT2D eigenvalue weighted by Crippen LogP contribution is 2.26. The zero-order valence-corrected chi connectivity index (χ0v) is 9.44. The van der Waals surface area contributed by atoms with Crippen molar-refractivity contribution in [3.8, 4) is 5.75 Å². The number of para-hydroxylation sites is 1. The number of anilines is 1. The van der Waals surface area contributed by atoms with Crippen molar-refractivity contribution in [2.75, 3.05) is 12.3 Å². The maximum atomic E-state index is 5.74. The van der Waals surface area contributed by atoms with Crippen molar-refractivity contribution in [1.82, 2.24) is 4.98 Å². The van der Waals surface area contributed by atoms with Gasteiger partial charge in [0.1, 0.15) is 11.6 Å². The number of nitrogens with two attached hydrogens (primary N) is 1. The van der Waals surface area contributed by atoms with Crippen LogP contribution in [0.15, 0.2) is 30.3 Å². The summed E-state index contributed by atoms with van der Waals surface area (Å²) in [6.45, 7) is 2.87. The van der Waals surface area contributed by atoms with Crippen LogP contribution in [0.2, 0.25) is 0 Å². The smallest absolute Gasteiger partial charge is 0.132 e. The highest BCUT2D eigenvalue weighted by Gasteiger charge is 2.04. The fourth-order valence-electron chi connectivity index (χ4n) is 1.61. The lowest BCUT2D eigenvalue weighted by molar-refractivity contribution is 0.313. The summed E-state index contributed by atoms with van der Waals surface area (Å²) in [5.41, 5.74) is 6.62. The van der Waals surface area contributed by atoms with Gasteiger partial charge in [-0.3, -0.25) is 0 Å². The average molecular weight is 216 g/mol. The van der Waals surface area contributed by atoms with Gasteiger partial charge in [0.15, 0.2) is 0 Å². The van der Waals surface area contributed by atoms with Crippen molar-refractivity contribution in [2.45, 2.75) is 19.8 Å². The number of unbranched alkanes of at least 4 members (excludes halogenated alkanes) is 1. The van der Waals surface area contributed by atoms with Crippen molar-refractivity contribution in [3.63, 3.8) is 0 Å². The van der Waals surface area contributed by atoms with Gasteiger partial charge in [-0.15, -0.1) is 0 Å². The lowest BCUT2D eigenvalue weighted by Crippen LogP contribution is -1.99. The van der Waals surface area contributed by atoms with Gasteiger partial charge in [0, 0.05) is 11.5 Å². The monoisotopic (exact) mass is 216 g/mol. The van der Waals surface area contributed by atoms with Crippen molar-refractivity contribution in [1.29, 1.82) is 0 Å². The number of pyridine rings is 1. The van der Waals surface area contributed by atoms with Crippen LogP contribution in [0.5, 0.6) is 5.75 Å². The Labute approximate surface area is 95.2 Å². The first-order chi connectivity index (χ1) is 7.81. The van der Waals surface area contributed by atoms with Crippen LogP contribution in [0.4, 0.5) is 5.82 Å². The molecule has 0 atom stereocenters. The van der Waals surface area contributed by atoms with E-state index in [4.69, 9.17) is 10.5 Å². The summed E-state index contributed by atoms with van der Waals surface area (Å²) in [5, 5.41) is 1.02. The highest BCUT2D eigenvalue weighted by atomic mass is 16.5. The number of benzene rings is 1. The predicted molar refractivity (Wildman–Crippen MR) is 66.6 cm³/mol. The molecule has 1 aromatic heterocycles. The first-order valence-electron chi connectivity index (χ1n) is 5.59. The third kappa shape index (κ3) is 2.24. The minimum absolute atomic E-state index is 0.505. The Morgan fingerprint density at radius 3 is 2.94 bits per heavy atom. The number of fused-ring (bicyclic) bond motifs is 1. The molecule has 0 saturated carbocycles. The molecule has 0 unspecified atom stereocenters. The summed E-state index contributed by atoms with van der Waals surface area (Å²) in [5.74, 6) is 1.33. The third-order valence-corrected chi connectivity index (χ3v) is 2.45. The zero-order valence-electron chi connectivity index (χ0n) is 9.44. The summed E-state index contributed by atoms with van der Waals surface area (Å²) >= 11 is 0. The molecule has 16 heavy (non-hydrogen) atoms. The molecule has 3 nitrogen and oxygen atoms in total. The molecule has 0 aliphatic carbocycles. The summed E-state index contributed by atoms with van der Waals surface area (Å²) in [6, 6.07) is 9.66. The molecule has 1 aromatic carbocycles. The Morgan fingerprint density at radius 1 is 1.31 bits per heavy atom. The molecule has 1 heterocycles. The van der Waals surface area contributed by atoms with Crippen molar-refractivity contribution in [3.05, 3.63) is 30.3 Å². The number of nitrogen functional groups attached to an aromatic ring is 1. The summed E-state index contributed by atoms with van der Waals surface area (Å²) in [7, 11) is 0. The quantitative estimate of drug-likeness (QED) is 0.799. The standard InChI is InChI=1S/C13H16N2O/c1-2-3-8-16-12-9-13(14)15-11-7-5-4-6-10(11)12/h4-7,9H,2-3,8H2,1H3,(H2,14,15). The molecular formula is C13H16N2O. The predicted octanol–water partition coefficient (Wildman–Crippen LogP) is 3.00. The first kappa shape index (κ1) is 10.7. The van der Waals surface area contributed by atoms with E-state index in [1.165, 1.54) is 0 Å². The van der Waals surface area contributed by atoms with Crippen LogP contribution in [0, 0.1) is 0 Å². The fraction of sp³-hybridized carbons (Fsp3) is 0.308. The largest absolute Gasteiger partial charge is 0.493 e. The Bertz CT molecular complexity index is 482. The molecule has 0 bridgehead atoms. The molecule has 3 heteroatoms. The zero-order chi connectivity index (χ0) is 11.4. The number of rotatable bonds is 4. The van der Waals surface area contributed by atoms with Crippen LogP contribution < -0.4 is 10.5 Å². The lowest BCUT2D eigenvalue weighted by atomic mass is 10.2. The molecule has 2 N–H and O–H groups in total. The van der Waals surface area contributed by atoms with Crippen LogP contribution in [-0.4, -0.2) is 11.6 Å². The van der Waals surface area contributed by atoms with Gasteiger partial charge < -0.3 is 10.5 Å². The summed E-state index contributed by atoms with van der Waals surface area (Å²) in [4.78, 5) is 4.26. The second kappa shape index (κ2) is 4.84. The molecular weight excluding hydrogens is 200 g/mol. The van der Waals surface area contributed by atoms with E-state index in [-0.39, 0.29) is 0 Å². The molecule has 0 saturated heterocycles. The van der Waals surface area contributed by atoms with E-state index in [0.29, 0.717) is 5.82 Å². The van der Waals surface area contributed by atoms with Gasteiger partial charge in [-0.05, 0) is 18.6 Å². The van der Waals surface area contributed by atoms with Crippen LogP contribution in [-0.2, 0) is 0 Å². The Kier molecular flexibility index (Phi) is 3.25. The van der Waals surface area contributed by atoms with Gasteiger partial charge >= 0.3 is 0 Å². The molecule has 2 aromatic rings. The van der Waals surface area contributed by atoms with E-state index < -0.39 is 0 Å². The van der Waals surface area contributed by atoms with Gasteiger partial charge in [-0.1, -0.05) is 25.5 Å². The van der Waals surface area contributed by atoms with E-state index in [1.807, 2.05) is 24.3 Å². The number of ether oxygens (including phenoxy) is 1. The molecule has 0 aliphatic rings. The van der Waals surface area contributed by atoms with E-state index in [0.717, 1.165) is 36.1 Å². The van der Waals surface area contributed by atoms with Crippen LogP contribution in [0.1, 0.15) is 19.8 Å². The van der Waals surface area contributed by atoms with Crippen molar-refractivity contribution in [2.24, 2.45) is 0 Å². The van der Waals surface area contributed by atoms with E-state index >= 15 is 0 Å². The van der Waals surface area contributed by atoms with Crippen LogP contribution in [0.3, 0.4) is 0 Å². The first-order valence-corrected chi connectivity index (χ1v) is 5.59. The van der Waals surface area contributed by atoms with E-state index in [2.05, 4.69) is 11.9 Å². The minimum atomic E-state index is 0.505. The second-order valence-corrected chi connectivity index (χ2v) is 3.76. The normalized spacial score (nSPS) is 10.6. The lowest BCUT2D eigenvalue weighted by Gasteiger charge is -2.09. The van der Waals surface area contributed by atoms with E-state index in [1.54, 1.807) is 6.07 Å². The number of nitrogens with zero attached hydrogens (tertiary/aromatic N) is 1. The van der Waals surface area contributed by atoms with Crippen molar-refractivity contribution < 1.29 is 4.74 Å². The molecule has 0 fully saturated rings. The van der Waals surface area contributed by atoms with Crippen LogP contribution >= 0.6 is 0 Å². The Morgan fingerprint density at radius 2 is 2.12 bits per heavy atom. The van der Waals surface area contributed by atoms with Gasteiger partial charge in [-0.25, -0.2) is 4.98 Å². The highest BCUT2D eigenvalue weighted by molar-refractivity contribution is 5.86. The average Bonchev–Trinajstić information content (AvgIpc) is 2.29.